The van der Waals surface area contributed by atoms with Gasteiger partial charge in [-0.3, -0.25) is 15.0 Å². The predicted octanol–water partition coefficient (Wildman–Crippen LogP) is 29.9. The molecule has 0 aliphatic heterocycles. The van der Waals surface area contributed by atoms with Gasteiger partial charge in [-0.15, -0.1) is 0 Å². The Labute approximate surface area is 821 Å². The molecule has 24 aromatic rings. The second kappa shape index (κ2) is 46.6. The number of nitrogens with zero attached hydrogens (tertiary/aromatic N) is 17. The van der Waals surface area contributed by atoms with Gasteiger partial charge in [0.05, 0.1) is 63.4 Å². The van der Waals surface area contributed by atoms with Crippen LogP contribution in [0.1, 0.15) is 48.0 Å². The first kappa shape index (κ1) is 94.3. The molecule has 13 aromatic carbocycles. The van der Waals surface area contributed by atoms with Crippen molar-refractivity contribution in [3.63, 3.8) is 0 Å². The lowest BCUT2D eigenvalue weighted by atomic mass is 10.0. The molecule has 0 bridgehead atoms. The van der Waals surface area contributed by atoms with Crippen LogP contribution in [-0.4, -0.2) is 84.1 Å². The van der Waals surface area contributed by atoms with Crippen LogP contribution in [0.5, 0.6) is 0 Å². The van der Waals surface area contributed by atoms with Crippen molar-refractivity contribution in [3.05, 3.63) is 502 Å². The van der Waals surface area contributed by atoms with Crippen molar-refractivity contribution >= 4 is 48.7 Å². The molecule has 0 saturated carbocycles. The van der Waals surface area contributed by atoms with Crippen molar-refractivity contribution in [2.45, 2.75) is 55.4 Å². The summed E-state index contributed by atoms with van der Waals surface area (Å²) in [5.74, 6) is 4.57. The van der Waals surface area contributed by atoms with Gasteiger partial charge < -0.3 is 4.40 Å². The highest BCUT2D eigenvalue weighted by Crippen LogP contribution is 2.34. The minimum absolute atomic E-state index is 0.737. The maximum atomic E-state index is 4.81. The van der Waals surface area contributed by atoms with Crippen molar-refractivity contribution in [1.29, 1.82) is 0 Å². The number of aromatic nitrogens is 17. The number of benzene rings is 13. The molecular formula is C124H101N17. The molecule has 141 heavy (non-hydrogen) atoms. The average molecular weight is 1830 g/mol. The highest BCUT2D eigenvalue weighted by Gasteiger charge is 2.16. The van der Waals surface area contributed by atoms with E-state index in [9.17, 15) is 0 Å². The third kappa shape index (κ3) is 24.6. The molecule has 17 nitrogen and oxygen atoms in total. The van der Waals surface area contributed by atoms with Gasteiger partial charge >= 0.3 is 0 Å². The van der Waals surface area contributed by atoms with Crippen LogP contribution in [0.15, 0.2) is 468 Å². The van der Waals surface area contributed by atoms with E-state index in [4.69, 9.17) is 15.0 Å². The van der Waals surface area contributed by atoms with Crippen LogP contribution in [0, 0.1) is 41.5 Å². The van der Waals surface area contributed by atoms with Gasteiger partial charge in [-0.1, -0.05) is 354 Å². The molecule has 0 amide bonds. The molecule has 11 aromatic heterocycles. The predicted molar refractivity (Wildman–Crippen MR) is 576 cm³/mol. The van der Waals surface area contributed by atoms with E-state index in [0.29, 0.717) is 0 Å². The monoisotopic (exact) mass is 1830 g/mol. The van der Waals surface area contributed by atoms with E-state index in [1.54, 1.807) is 18.6 Å². The minimum atomic E-state index is 0.737. The third-order valence-electron chi connectivity index (χ3n) is 22.6. The fourth-order valence-corrected chi connectivity index (χ4v) is 16.0. The molecule has 0 N–H and O–H groups in total. The summed E-state index contributed by atoms with van der Waals surface area (Å²) < 4.78 is 2.03. The molecule has 24 rings (SSSR count). The number of para-hydroxylation sites is 1. The summed E-state index contributed by atoms with van der Waals surface area (Å²) in [6.45, 7) is 16.0. The summed E-state index contributed by atoms with van der Waals surface area (Å²) in [4.78, 5) is 72.4. The second-order valence-electron chi connectivity index (χ2n) is 32.9. The van der Waals surface area contributed by atoms with Crippen molar-refractivity contribution in [2.75, 3.05) is 0 Å². The largest absolute Gasteiger partial charge is 0.306 e. The van der Waals surface area contributed by atoms with Gasteiger partial charge in [0.2, 0.25) is 0 Å². The van der Waals surface area contributed by atoms with Crippen molar-refractivity contribution in [1.82, 2.24) is 84.1 Å². The van der Waals surface area contributed by atoms with Crippen LogP contribution in [0.3, 0.4) is 0 Å². The Balaban J connectivity index is 0.000000114. The molecule has 0 spiro atoms. The Morgan fingerprint density at radius 3 is 0.986 bits per heavy atom. The van der Waals surface area contributed by atoms with Gasteiger partial charge in [0.1, 0.15) is 0 Å². The Bertz CT molecular complexity index is 7590. The average Bonchev–Trinajstić information content (AvgIpc) is 1.59. The Morgan fingerprint density at radius 1 is 0.191 bits per heavy atom. The number of fused-ring (bicyclic) bond motifs is 6. The van der Waals surface area contributed by atoms with Gasteiger partial charge in [-0.2, -0.15) is 0 Å². The summed E-state index contributed by atoms with van der Waals surface area (Å²) in [7, 11) is 0. The molecule has 0 unspecified atom stereocenters. The molecule has 0 aliphatic rings. The summed E-state index contributed by atoms with van der Waals surface area (Å²) >= 11 is 0. The lowest BCUT2D eigenvalue weighted by Crippen LogP contribution is -1.95. The summed E-state index contributed by atoms with van der Waals surface area (Å²) in [6, 6.07) is 142. The van der Waals surface area contributed by atoms with E-state index in [1.807, 2.05) is 376 Å². The quantitative estimate of drug-likeness (QED) is 0.111. The van der Waals surface area contributed by atoms with Gasteiger partial charge in [-0.25, -0.2) is 64.8 Å². The first-order valence-electron chi connectivity index (χ1n) is 46.8. The molecule has 682 valence electrons. The number of hydrogen-bond acceptors (Lipinski definition) is 16. The molecule has 17 heteroatoms. The Hall–Kier alpha value is -18.5. The lowest BCUT2D eigenvalue weighted by molar-refractivity contribution is 1.10. The van der Waals surface area contributed by atoms with E-state index >= 15 is 0 Å². The topological polar surface area (TPSA) is 211 Å². The molecule has 0 saturated heterocycles. The third-order valence-corrected chi connectivity index (χ3v) is 22.6. The second-order valence-corrected chi connectivity index (χ2v) is 32.9. The van der Waals surface area contributed by atoms with Crippen molar-refractivity contribution < 1.29 is 0 Å². The fourth-order valence-electron chi connectivity index (χ4n) is 16.0. The Kier molecular flexibility index (Phi) is 31.2. The molecular weight excluding hydrogens is 1730 g/mol. The molecule has 0 aliphatic carbocycles. The summed E-state index contributed by atoms with van der Waals surface area (Å²) in [5, 5.41) is 8.52. The number of hydrogen-bond donors (Lipinski definition) is 0. The molecule has 0 fully saturated rings. The van der Waals surface area contributed by atoms with Crippen LogP contribution < -0.4 is 0 Å². The summed E-state index contributed by atoms with van der Waals surface area (Å²) in [5.41, 5.74) is 26.1. The van der Waals surface area contributed by atoms with Crippen LogP contribution in [-0.2, 0) is 0 Å². The van der Waals surface area contributed by atoms with E-state index in [-0.39, 0.29) is 0 Å². The van der Waals surface area contributed by atoms with Crippen LogP contribution in [0.4, 0.5) is 0 Å². The number of aryl methyl sites for hydroxylation is 6. The first-order valence-corrected chi connectivity index (χ1v) is 46.8. The summed E-state index contributed by atoms with van der Waals surface area (Å²) in [6.07, 6.45) is 12.9. The standard InChI is InChI=1S/2C21H16N2.C20H15N3.C17H14N2.2C16H13N3.C11H8N2.C2H6/c1-15-14-20(23-21(22-15)17-9-3-2-4-10-17)19-13-7-11-16-8-5-6-12-18(16)19;1-15-13-20(23-21(22-15)17-8-3-2-4-9-17)19-12-11-16-7-5-6-10-18(16)14-19;1-14-13-19(23-20(22-14)15-7-3-2-4-8-15)17-11-12-21-18-10-6-5-9-16(17)18;1-13-12-16(14-8-4-2-5-9-14)19-17(18-13)15-10-6-3-7-11-15;1-12-11-15(14-9-5-6-10-17-14)19-16(18-12)13-7-3-2-4-8-13;1-12-11-15(13-7-9-17-10-8-13)19-16(18-12)14-5-3-2-4-6-14;1-2-4-10-9(3-1)5-6-13-8-12-7-11(10)13;1-2/h2*2-14H,1H3;2-13H,1H3;2-12H,1H3;2*2-11H,1H3;1-8H;1-2H3. The number of imidazole rings is 1. The zero-order valence-corrected chi connectivity index (χ0v) is 79.6. The zero-order chi connectivity index (χ0) is 96.9. The normalized spacial score (nSPS) is 10.6. The van der Waals surface area contributed by atoms with Gasteiger partial charge in [0.15, 0.2) is 34.9 Å². The smallest absolute Gasteiger partial charge is 0.160 e. The van der Waals surface area contributed by atoms with E-state index in [1.165, 1.54) is 32.3 Å². The van der Waals surface area contributed by atoms with Gasteiger partial charge in [0.25, 0.3) is 0 Å². The SMILES string of the molecule is CC.Cc1cc(-c2ccc3ccccc3c2)nc(-c2ccccc2)n1.Cc1cc(-c2cccc3ccccc23)nc(-c2ccccc2)n1.Cc1cc(-c2ccccc2)nc(-c2ccccc2)n1.Cc1cc(-c2ccccn2)nc(-c2ccccc2)n1.Cc1cc(-c2ccnc3ccccc23)nc(-c2ccccc2)n1.Cc1cc(-c2ccncc2)nc(-c2ccccc2)n1.c1ccc2c(c1)ccn1cncc21. The number of rotatable bonds is 12. The fraction of sp³-hybridized carbons (Fsp3) is 0.0645. The Morgan fingerprint density at radius 2 is 0.532 bits per heavy atom. The minimum Gasteiger partial charge on any atom is -0.306 e. The van der Waals surface area contributed by atoms with Crippen LogP contribution in [0.2, 0.25) is 0 Å². The van der Waals surface area contributed by atoms with Crippen LogP contribution >= 0.6 is 0 Å². The van der Waals surface area contributed by atoms with Crippen LogP contribution in [0.25, 0.3) is 185 Å². The first-order chi connectivity index (χ1) is 69.3. The molecule has 0 radical (unpaired) electrons. The van der Waals surface area contributed by atoms with Crippen molar-refractivity contribution in [2.24, 2.45) is 0 Å². The van der Waals surface area contributed by atoms with E-state index in [2.05, 4.69) is 198 Å². The van der Waals surface area contributed by atoms with Gasteiger partial charge in [0, 0.05) is 137 Å². The maximum absolute atomic E-state index is 4.81. The molecule has 11 heterocycles. The maximum Gasteiger partial charge on any atom is 0.160 e. The highest BCUT2D eigenvalue weighted by atomic mass is 15.0. The van der Waals surface area contributed by atoms with E-state index < -0.39 is 0 Å². The number of pyridine rings is 4. The highest BCUT2D eigenvalue weighted by molar-refractivity contribution is 5.98. The van der Waals surface area contributed by atoms with Crippen molar-refractivity contribution in [3.8, 4) is 136 Å². The zero-order valence-electron chi connectivity index (χ0n) is 79.6. The molecule has 0 atom stereocenters. The van der Waals surface area contributed by atoms with Gasteiger partial charge in [-0.05, 0) is 153 Å². The lowest BCUT2D eigenvalue weighted by Gasteiger charge is -2.09. The van der Waals surface area contributed by atoms with E-state index in [0.717, 1.165) is 187 Å².